The fraction of sp³-hybridized carbons (Fsp3) is 0.533. The molecule has 23 heavy (non-hydrogen) atoms. The zero-order chi connectivity index (χ0) is 15.8. The predicted molar refractivity (Wildman–Crippen MR) is 110 cm³/mol. The highest BCUT2D eigenvalue weighted by Crippen LogP contribution is 2.14. The first-order chi connectivity index (χ1) is 10.7. The van der Waals surface area contributed by atoms with Crippen LogP contribution in [0.3, 0.4) is 0 Å². The molecule has 0 fully saturated rings. The van der Waals surface area contributed by atoms with Gasteiger partial charge in [-0.15, -0.1) is 46.7 Å². The molecule has 0 aliphatic carbocycles. The minimum absolute atomic E-state index is 0. The summed E-state index contributed by atoms with van der Waals surface area (Å²) in [5, 5.41) is 7.82. The van der Waals surface area contributed by atoms with Crippen molar-refractivity contribution >= 4 is 52.6 Å². The topological polar surface area (TPSA) is 62.2 Å². The van der Waals surface area contributed by atoms with E-state index >= 15 is 0 Å². The number of hydrogen-bond donors (Lipinski definition) is 2. The van der Waals surface area contributed by atoms with Crippen LogP contribution in [0, 0.1) is 6.92 Å². The molecule has 0 aliphatic rings. The number of halogens is 1. The lowest BCUT2D eigenvalue weighted by atomic mass is 10.4. The van der Waals surface area contributed by atoms with Crippen molar-refractivity contribution in [1.29, 1.82) is 0 Å². The lowest BCUT2D eigenvalue weighted by Gasteiger charge is -2.10. The van der Waals surface area contributed by atoms with E-state index in [-0.39, 0.29) is 24.0 Å². The second-order valence-corrected chi connectivity index (χ2v) is 6.95. The average molecular weight is 465 g/mol. The summed E-state index contributed by atoms with van der Waals surface area (Å²) in [6.45, 7) is 8.61. The Hall–Kier alpha value is -0.740. The van der Waals surface area contributed by atoms with Crippen molar-refractivity contribution in [2.75, 3.05) is 13.1 Å². The number of aryl methyl sites for hydroxylation is 2. The third kappa shape index (κ3) is 6.72. The monoisotopic (exact) mass is 465 g/mol. The molecule has 0 aromatic carbocycles. The summed E-state index contributed by atoms with van der Waals surface area (Å²) in [5.74, 6) is 0.850. The van der Waals surface area contributed by atoms with Crippen molar-refractivity contribution in [2.24, 2.45) is 4.99 Å². The molecule has 2 N–H and O–H groups in total. The number of nitrogens with one attached hydrogen (secondary N) is 2. The number of nitrogens with zero attached hydrogens (tertiary/aromatic N) is 3. The maximum atomic E-state index is 4.62. The van der Waals surface area contributed by atoms with E-state index in [0.29, 0.717) is 6.54 Å². The van der Waals surface area contributed by atoms with Gasteiger partial charge in [0.15, 0.2) is 5.96 Å². The molecule has 0 aliphatic heterocycles. The van der Waals surface area contributed by atoms with E-state index in [0.717, 1.165) is 37.6 Å². The molecule has 0 spiro atoms. The van der Waals surface area contributed by atoms with Crippen LogP contribution in [0.1, 0.15) is 34.3 Å². The second-order valence-electron chi connectivity index (χ2n) is 4.81. The first-order valence-corrected chi connectivity index (χ1v) is 9.27. The molecule has 128 valence electrons. The Labute approximate surface area is 163 Å². The highest BCUT2D eigenvalue weighted by molar-refractivity contribution is 14.0. The largest absolute Gasteiger partial charge is 0.357 e. The Morgan fingerprint density at radius 2 is 2.09 bits per heavy atom. The Kier molecular flexibility index (Phi) is 9.65. The highest BCUT2D eigenvalue weighted by atomic mass is 127. The predicted octanol–water partition coefficient (Wildman–Crippen LogP) is 3.39. The Morgan fingerprint density at radius 1 is 1.26 bits per heavy atom. The highest BCUT2D eigenvalue weighted by Gasteiger charge is 2.03. The summed E-state index contributed by atoms with van der Waals surface area (Å²) in [6.07, 6.45) is 3.96. The third-order valence-corrected chi connectivity index (χ3v) is 5.27. The number of rotatable bonds is 7. The SMILES string of the molecule is CCNC(=NCc1scnc1C)NCCc1ncc(CC)s1.I. The molecule has 2 aromatic rings. The molecule has 0 saturated heterocycles. The van der Waals surface area contributed by atoms with Crippen LogP contribution in [0.15, 0.2) is 16.7 Å². The van der Waals surface area contributed by atoms with Crippen molar-refractivity contribution in [3.63, 3.8) is 0 Å². The molecule has 2 heterocycles. The summed E-state index contributed by atoms with van der Waals surface area (Å²) in [7, 11) is 0. The quantitative estimate of drug-likeness (QED) is 0.374. The van der Waals surface area contributed by atoms with Gasteiger partial charge in [-0.25, -0.2) is 15.0 Å². The van der Waals surface area contributed by atoms with Crippen LogP contribution >= 0.6 is 46.7 Å². The van der Waals surface area contributed by atoms with Crippen molar-refractivity contribution in [2.45, 2.75) is 40.2 Å². The minimum Gasteiger partial charge on any atom is -0.357 e. The van der Waals surface area contributed by atoms with Crippen LogP contribution in [-0.2, 0) is 19.4 Å². The van der Waals surface area contributed by atoms with Crippen LogP contribution in [0.25, 0.3) is 0 Å². The zero-order valence-corrected chi connectivity index (χ0v) is 17.7. The maximum absolute atomic E-state index is 4.62. The summed E-state index contributed by atoms with van der Waals surface area (Å²) in [4.78, 5) is 15.9. The molecule has 8 heteroatoms. The van der Waals surface area contributed by atoms with Crippen LogP contribution in [0.4, 0.5) is 0 Å². The number of hydrogen-bond acceptors (Lipinski definition) is 5. The van der Waals surface area contributed by atoms with Gasteiger partial charge in [-0.2, -0.15) is 0 Å². The van der Waals surface area contributed by atoms with E-state index in [1.165, 1.54) is 14.8 Å². The van der Waals surface area contributed by atoms with Gasteiger partial charge in [-0.1, -0.05) is 6.92 Å². The number of thiazole rings is 2. The van der Waals surface area contributed by atoms with Gasteiger partial charge in [0.05, 0.1) is 22.8 Å². The Bertz CT molecular complexity index is 609. The molecule has 0 unspecified atom stereocenters. The molecule has 0 atom stereocenters. The number of aromatic nitrogens is 2. The van der Waals surface area contributed by atoms with E-state index in [9.17, 15) is 0 Å². The van der Waals surface area contributed by atoms with E-state index in [1.807, 2.05) is 18.6 Å². The average Bonchev–Trinajstić information content (AvgIpc) is 3.13. The maximum Gasteiger partial charge on any atom is 0.191 e. The van der Waals surface area contributed by atoms with Gasteiger partial charge in [-0.3, -0.25) is 0 Å². The van der Waals surface area contributed by atoms with Crippen molar-refractivity contribution in [3.8, 4) is 0 Å². The summed E-state index contributed by atoms with van der Waals surface area (Å²) < 4.78 is 0. The van der Waals surface area contributed by atoms with Gasteiger partial charge in [0.25, 0.3) is 0 Å². The number of guanidine groups is 1. The molecular weight excluding hydrogens is 441 g/mol. The lowest BCUT2D eigenvalue weighted by Crippen LogP contribution is -2.38. The summed E-state index contributed by atoms with van der Waals surface area (Å²) in [6, 6.07) is 0. The summed E-state index contributed by atoms with van der Waals surface area (Å²) >= 11 is 3.45. The minimum atomic E-state index is 0. The molecule has 5 nitrogen and oxygen atoms in total. The molecule has 0 amide bonds. The Morgan fingerprint density at radius 3 is 2.70 bits per heavy atom. The van der Waals surface area contributed by atoms with Gasteiger partial charge in [-0.05, 0) is 20.3 Å². The standard InChI is InChI=1S/C15H23N5S2.HI/c1-4-12-8-18-14(22-12)6-7-17-15(16-5-2)19-9-13-11(3)20-10-21-13;/h8,10H,4-7,9H2,1-3H3,(H2,16,17,19);1H. The van der Waals surface area contributed by atoms with Gasteiger partial charge in [0, 0.05) is 35.5 Å². The van der Waals surface area contributed by atoms with Gasteiger partial charge in [0.1, 0.15) is 0 Å². The van der Waals surface area contributed by atoms with Crippen molar-refractivity contribution < 1.29 is 0 Å². The smallest absolute Gasteiger partial charge is 0.191 e. The molecule has 0 radical (unpaired) electrons. The summed E-state index contributed by atoms with van der Waals surface area (Å²) in [5.41, 5.74) is 2.94. The molecule has 0 bridgehead atoms. The lowest BCUT2D eigenvalue weighted by molar-refractivity contribution is 0.797. The van der Waals surface area contributed by atoms with E-state index in [2.05, 4.69) is 39.4 Å². The van der Waals surface area contributed by atoms with Crippen molar-refractivity contribution in [3.05, 3.63) is 32.2 Å². The van der Waals surface area contributed by atoms with E-state index in [1.54, 1.807) is 22.7 Å². The Balaban J connectivity index is 0.00000264. The van der Waals surface area contributed by atoms with E-state index in [4.69, 9.17) is 0 Å². The van der Waals surface area contributed by atoms with Crippen LogP contribution < -0.4 is 10.6 Å². The van der Waals surface area contributed by atoms with Crippen LogP contribution in [0.2, 0.25) is 0 Å². The molecular formula is C15H24IN5S2. The first-order valence-electron chi connectivity index (χ1n) is 7.57. The van der Waals surface area contributed by atoms with Crippen LogP contribution in [0.5, 0.6) is 0 Å². The fourth-order valence-electron chi connectivity index (χ4n) is 1.89. The zero-order valence-electron chi connectivity index (χ0n) is 13.8. The fourth-order valence-corrected chi connectivity index (χ4v) is 3.45. The third-order valence-electron chi connectivity index (χ3n) is 3.15. The molecule has 2 aromatic heterocycles. The molecule has 2 rings (SSSR count). The van der Waals surface area contributed by atoms with Crippen LogP contribution in [-0.4, -0.2) is 29.0 Å². The second kappa shape index (κ2) is 10.9. The van der Waals surface area contributed by atoms with Gasteiger partial charge in [0.2, 0.25) is 0 Å². The van der Waals surface area contributed by atoms with Gasteiger partial charge >= 0.3 is 0 Å². The van der Waals surface area contributed by atoms with Gasteiger partial charge < -0.3 is 10.6 Å². The molecule has 0 saturated carbocycles. The normalized spacial score (nSPS) is 11.2. The van der Waals surface area contributed by atoms with E-state index < -0.39 is 0 Å². The number of aliphatic imine (C=N–C) groups is 1. The first kappa shape index (κ1) is 20.3. The van der Waals surface area contributed by atoms with Crippen molar-refractivity contribution in [1.82, 2.24) is 20.6 Å².